The van der Waals surface area contributed by atoms with Crippen molar-refractivity contribution in [3.05, 3.63) is 40.5 Å². The zero-order valence-corrected chi connectivity index (χ0v) is 12.4. The highest BCUT2D eigenvalue weighted by Gasteiger charge is 2.09. The average molecular weight is 327 g/mol. The smallest absolute Gasteiger partial charge is 0.180 e. The van der Waals surface area contributed by atoms with Gasteiger partial charge in [0.2, 0.25) is 0 Å². The lowest BCUT2D eigenvalue weighted by molar-refractivity contribution is 0.354. The second kappa shape index (κ2) is 6.58. The lowest BCUT2D eigenvalue weighted by atomic mass is 10.2. The molecule has 2 aromatic rings. The van der Waals surface area contributed by atoms with Gasteiger partial charge in [-0.3, -0.25) is 0 Å². The molecule has 0 saturated heterocycles. The number of benzene rings is 1. The zero-order valence-electron chi connectivity index (χ0n) is 10.8. The topological polar surface area (TPSA) is 56.5 Å². The molecular weight excluding hydrogens is 312 g/mol. The molecule has 5 nitrogen and oxygen atoms in total. The third-order valence-corrected chi connectivity index (χ3v) is 3.40. The highest BCUT2D eigenvalue weighted by molar-refractivity contribution is 9.10. The third kappa shape index (κ3) is 3.48. The number of hydrogen-bond acceptors (Lipinski definition) is 5. The Kier molecular flexibility index (Phi) is 4.81. The lowest BCUT2D eigenvalue weighted by Crippen LogP contribution is -2.13. The number of rotatable bonds is 6. The minimum absolute atomic E-state index is 0.650. The molecule has 1 N–H and O–H groups in total. The van der Waals surface area contributed by atoms with Gasteiger partial charge in [-0.2, -0.15) is 0 Å². The van der Waals surface area contributed by atoms with Crippen molar-refractivity contribution in [3.63, 3.8) is 0 Å². The molecule has 0 amide bonds. The van der Waals surface area contributed by atoms with E-state index in [1.807, 2.05) is 12.1 Å². The van der Waals surface area contributed by atoms with Crippen LogP contribution < -0.4 is 14.8 Å². The van der Waals surface area contributed by atoms with Crippen molar-refractivity contribution in [2.75, 3.05) is 14.2 Å². The van der Waals surface area contributed by atoms with Gasteiger partial charge in [0, 0.05) is 17.6 Å². The Balaban J connectivity index is 2.03. The number of oxazole rings is 1. The SMILES string of the molecule is COc1cc(Br)c(CNCc2cocn2)cc1OC. The summed E-state index contributed by atoms with van der Waals surface area (Å²) < 4.78 is 16.4. The summed E-state index contributed by atoms with van der Waals surface area (Å²) >= 11 is 3.52. The minimum atomic E-state index is 0.650. The van der Waals surface area contributed by atoms with Crippen molar-refractivity contribution in [1.82, 2.24) is 10.3 Å². The standard InChI is InChI=1S/C13H15BrN2O3/c1-17-12-3-9(11(14)4-13(12)18-2)5-15-6-10-7-19-8-16-10/h3-4,7-8,15H,5-6H2,1-2H3. The van der Waals surface area contributed by atoms with Crippen LogP contribution in [-0.4, -0.2) is 19.2 Å². The summed E-state index contributed by atoms with van der Waals surface area (Å²) in [5.41, 5.74) is 1.96. The van der Waals surface area contributed by atoms with E-state index in [0.29, 0.717) is 24.6 Å². The third-order valence-electron chi connectivity index (χ3n) is 2.66. The molecule has 0 aliphatic rings. The molecule has 0 unspecified atom stereocenters. The molecule has 1 heterocycles. The van der Waals surface area contributed by atoms with Crippen LogP contribution in [0.3, 0.4) is 0 Å². The molecular formula is C13H15BrN2O3. The van der Waals surface area contributed by atoms with Crippen LogP contribution >= 0.6 is 15.9 Å². The predicted octanol–water partition coefficient (Wildman–Crippen LogP) is 2.74. The van der Waals surface area contributed by atoms with E-state index in [2.05, 4.69) is 26.2 Å². The number of halogens is 1. The van der Waals surface area contributed by atoms with Crippen LogP contribution in [0.1, 0.15) is 11.3 Å². The van der Waals surface area contributed by atoms with Crippen LogP contribution in [0.15, 0.2) is 33.7 Å². The molecule has 0 fully saturated rings. The lowest BCUT2D eigenvalue weighted by Gasteiger charge is -2.12. The Morgan fingerprint density at radius 2 is 1.95 bits per heavy atom. The number of nitrogens with zero attached hydrogens (tertiary/aromatic N) is 1. The van der Waals surface area contributed by atoms with Crippen molar-refractivity contribution < 1.29 is 13.9 Å². The Morgan fingerprint density at radius 3 is 2.58 bits per heavy atom. The van der Waals surface area contributed by atoms with Crippen molar-refractivity contribution in [2.45, 2.75) is 13.1 Å². The van der Waals surface area contributed by atoms with E-state index in [4.69, 9.17) is 13.9 Å². The van der Waals surface area contributed by atoms with E-state index in [1.54, 1.807) is 20.5 Å². The molecule has 1 aromatic heterocycles. The fraction of sp³-hybridized carbons (Fsp3) is 0.308. The quantitative estimate of drug-likeness (QED) is 0.884. The van der Waals surface area contributed by atoms with E-state index >= 15 is 0 Å². The van der Waals surface area contributed by atoms with Gasteiger partial charge in [0.05, 0.1) is 19.9 Å². The first-order chi connectivity index (χ1) is 9.24. The van der Waals surface area contributed by atoms with E-state index in [9.17, 15) is 0 Å². The van der Waals surface area contributed by atoms with Gasteiger partial charge in [-0.15, -0.1) is 0 Å². The monoisotopic (exact) mass is 326 g/mol. The van der Waals surface area contributed by atoms with Gasteiger partial charge >= 0.3 is 0 Å². The first kappa shape index (κ1) is 13.9. The molecule has 0 aliphatic heterocycles. The van der Waals surface area contributed by atoms with Crippen LogP contribution in [0.5, 0.6) is 11.5 Å². The van der Waals surface area contributed by atoms with Crippen LogP contribution in [0, 0.1) is 0 Å². The normalized spacial score (nSPS) is 10.5. The molecule has 1 aromatic carbocycles. The van der Waals surface area contributed by atoms with Gasteiger partial charge in [-0.05, 0) is 17.7 Å². The second-order valence-electron chi connectivity index (χ2n) is 3.88. The Bertz CT molecular complexity index is 529. The first-order valence-electron chi connectivity index (χ1n) is 5.72. The van der Waals surface area contributed by atoms with Crippen LogP contribution in [0.4, 0.5) is 0 Å². The zero-order chi connectivity index (χ0) is 13.7. The van der Waals surface area contributed by atoms with Crippen LogP contribution in [0.2, 0.25) is 0 Å². The van der Waals surface area contributed by atoms with Gasteiger partial charge in [0.15, 0.2) is 17.9 Å². The summed E-state index contributed by atoms with van der Waals surface area (Å²) in [5, 5.41) is 3.28. The Labute approximate surface area is 120 Å². The van der Waals surface area contributed by atoms with E-state index in [-0.39, 0.29) is 0 Å². The van der Waals surface area contributed by atoms with E-state index in [1.165, 1.54) is 6.39 Å². The van der Waals surface area contributed by atoms with E-state index in [0.717, 1.165) is 15.7 Å². The second-order valence-corrected chi connectivity index (χ2v) is 4.74. The van der Waals surface area contributed by atoms with Crippen molar-refractivity contribution in [2.24, 2.45) is 0 Å². The van der Waals surface area contributed by atoms with Gasteiger partial charge in [-0.1, -0.05) is 15.9 Å². The summed E-state index contributed by atoms with van der Waals surface area (Å²) in [5.74, 6) is 1.42. The molecule has 0 aliphatic carbocycles. The van der Waals surface area contributed by atoms with Crippen LogP contribution in [0.25, 0.3) is 0 Å². The summed E-state index contributed by atoms with van der Waals surface area (Å²) in [6.07, 6.45) is 3.04. The molecule has 102 valence electrons. The summed E-state index contributed by atoms with van der Waals surface area (Å²) in [7, 11) is 3.24. The maximum atomic E-state index is 5.28. The summed E-state index contributed by atoms with van der Waals surface area (Å²) in [4.78, 5) is 4.05. The molecule has 0 atom stereocenters. The molecule has 0 spiro atoms. The van der Waals surface area contributed by atoms with Gasteiger partial charge in [0.1, 0.15) is 6.26 Å². The molecule has 0 saturated carbocycles. The number of ether oxygens (including phenoxy) is 2. The number of aromatic nitrogens is 1. The summed E-state index contributed by atoms with van der Waals surface area (Å²) in [6.45, 7) is 1.34. The molecule has 0 bridgehead atoms. The Morgan fingerprint density at radius 1 is 1.21 bits per heavy atom. The maximum Gasteiger partial charge on any atom is 0.180 e. The van der Waals surface area contributed by atoms with Crippen molar-refractivity contribution in [1.29, 1.82) is 0 Å². The molecule has 19 heavy (non-hydrogen) atoms. The fourth-order valence-corrected chi connectivity index (χ4v) is 2.14. The number of nitrogens with one attached hydrogen (secondary N) is 1. The number of hydrogen-bond donors (Lipinski definition) is 1. The number of methoxy groups -OCH3 is 2. The van der Waals surface area contributed by atoms with Crippen molar-refractivity contribution in [3.8, 4) is 11.5 Å². The molecule has 2 rings (SSSR count). The first-order valence-corrected chi connectivity index (χ1v) is 6.52. The van der Waals surface area contributed by atoms with E-state index < -0.39 is 0 Å². The highest BCUT2D eigenvalue weighted by atomic mass is 79.9. The largest absolute Gasteiger partial charge is 0.493 e. The average Bonchev–Trinajstić information content (AvgIpc) is 2.93. The fourth-order valence-electron chi connectivity index (χ4n) is 1.68. The highest BCUT2D eigenvalue weighted by Crippen LogP contribution is 2.33. The molecule has 0 radical (unpaired) electrons. The van der Waals surface area contributed by atoms with Crippen LogP contribution in [-0.2, 0) is 13.1 Å². The Hall–Kier alpha value is -1.53. The molecule has 6 heteroatoms. The predicted molar refractivity (Wildman–Crippen MR) is 74.3 cm³/mol. The van der Waals surface area contributed by atoms with Gasteiger partial charge in [0.25, 0.3) is 0 Å². The van der Waals surface area contributed by atoms with Gasteiger partial charge in [-0.25, -0.2) is 4.98 Å². The van der Waals surface area contributed by atoms with Crippen molar-refractivity contribution >= 4 is 15.9 Å². The maximum absolute atomic E-state index is 5.28. The van der Waals surface area contributed by atoms with Gasteiger partial charge < -0.3 is 19.2 Å². The summed E-state index contributed by atoms with van der Waals surface area (Å²) in [6, 6.07) is 3.84. The minimum Gasteiger partial charge on any atom is -0.493 e.